The molecule has 0 saturated carbocycles. The Morgan fingerprint density at radius 2 is 1.71 bits per heavy atom. The average molecular weight is 527 g/mol. The normalized spacial score (nSPS) is 11.5. The Morgan fingerprint density at radius 3 is 2.47 bits per heavy atom. The second kappa shape index (κ2) is 12.5. The molecule has 0 atom stereocenters. The second-order valence-electron chi connectivity index (χ2n) is 8.69. The van der Waals surface area contributed by atoms with E-state index in [-0.39, 0.29) is 11.7 Å². The number of benzene rings is 3. The van der Waals surface area contributed by atoms with Crippen molar-refractivity contribution in [3.05, 3.63) is 78.4 Å². The van der Waals surface area contributed by atoms with Crippen LogP contribution in [0.4, 0.5) is 13.2 Å². The number of aromatic nitrogens is 2. The summed E-state index contributed by atoms with van der Waals surface area (Å²) in [6.07, 6.45) is -1.86. The first kappa shape index (κ1) is 27.0. The maximum absolute atomic E-state index is 12.6. The van der Waals surface area contributed by atoms with Crippen molar-refractivity contribution >= 4 is 17.0 Å². The number of carbonyl (C=O) groups excluding carboxylic acids is 1. The minimum absolute atomic E-state index is 0.168. The molecule has 0 radical (unpaired) electrons. The number of para-hydroxylation sites is 2. The van der Waals surface area contributed by atoms with E-state index in [1.165, 1.54) is 12.1 Å². The van der Waals surface area contributed by atoms with Gasteiger partial charge in [-0.1, -0.05) is 24.3 Å². The molecule has 38 heavy (non-hydrogen) atoms. The van der Waals surface area contributed by atoms with Crippen LogP contribution in [0.2, 0.25) is 0 Å². The van der Waals surface area contributed by atoms with Crippen molar-refractivity contribution in [1.82, 2.24) is 9.55 Å². The van der Waals surface area contributed by atoms with Crippen LogP contribution in [-0.4, -0.2) is 35.1 Å². The van der Waals surface area contributed by atoms with Gasteiger partial charge in [-0.3, -0.25) is 4.79 Å². The molecule has 0 aliphatic rings. The fourth-order valence-electron chi connectivity index (χ4n) is 4.15. The number of hydrogen-bond acceptors (Lipinski definition) is 5. The Morgan fingerprint density at radius 1 is 0.921 bits per heavy atom. The van der Waals surface area contributed by atoms with Gasteiger partial charge in [-0.15, -0.1) is 13.2 Å². The predicted octanol–water partition coefficient (Wildman–Crippen LogP) is 7.15. The summed E-state index contributed by atoms with van der Waals surface area (Å²) < 4.78 is 54.6. The van der Waals surface area contributed by atoms with Crippen molar-refractivity contribution < 1.29 is 32.2 Å². The number of unbranched alkanes of at least 4 members (excludes halogenated alkanes) is 2. The summed E-state index contributed by atoms with van der Waals surface area (Å²) in [6.45, 7) is 3.23. The molecule has 0 amide bonds. The lowest BCUT2D eigenvalue weighted by atomic mass is 10.1. The summed E-state index contributed by atoms with van der Waals surface area (Å²) in [5.41, 5.74) is 3.36. The van der Waals surface area contributed by atoms with Gasteiger partial charge < -0.3 is 18.8 Å². The van der Waals surface area contributed by atoms with Crippen molar-refractivity contribution in [2.24, 2.45) is 0 Å². The van der Waals surface area contributed by atoms with Crippen LogP contribution in [0.1, 0.15) is 38.2 Å². The van der Waals surface area contributed by atoms with Gasteiger partial charge in [-0.25, -0.2) is 4.98 Å². The molecule has 4 rings (SSSR count). The summed E-state index contributed by atoms with van der Waals surface area (Å²) in [5.74, 6) is 0.929. The van der Waals surface area contributed by atoms with Crippen molar-refractivity contribution in [1.29, 1.82) is 0 Å². The lowest BCUT2D eigenvalue weighted by molar-refractivity contribution is -0.274. The highest BCUT2D eigenvalue weighted by atomic mass is 19.4. The third-order valence-corrected chi connectivity index (χ3v) is 5.84. The summed E-state index contributed by atoms with van der Waals surface area (Å²) in [6, 6.07) is 21.2. The van der Waals surface area contributed by atoms with E-state index in [0.717, 1.165) is 41.6 Å². The van der Waals surface area contributed by atoms with Crippen LogP contribution in [0.25, 0.3) is 22.4 Å². The summed E-state index contributed by atoms with van der Waals surface area (Å²) >= 11 is 0. The van der Waals surface area contributed by atoms with E-state index in [4.69, 9.17) is 14.5 Å². The molecule has 1 aromatic heterocycles. The molecule has 0 saturated heterocycles. The van der Waals surface area contributed by atoms with E-state index in [2.05, 4.69) is 4.74 Å². The van der Waals surface area contributed by atoms with Gasteiger partial charge in [-0.2, -0.15) is 0 Å². The van der Waals surface area contributed by atoms with Gasteiger partial charge >= 0.3 is 12.3 Å². The average Bonchev–Trinajstić information content (AvgIpc) is 3.24. The van der Waals surface area contributed by atoms with Crippen LogP contribution in [0, 0.1) is 0 Å². The lowest BCUT2D eigenvalue weighted by Crippen LogP contribution is -2.17. The van der Waals surface area contributed by atoms with Crippen molar-refractivity contribution in [3.63, 3.8) is 0 Å². The zero-order chi connectivity index (χ0) is 27.0. The largest absolute Gasteiger partial charge is 0.573 e. The SMILES string of the molecule is CCOC(=O)CCCCCOc1cccc(Cn2c(-c3ccc(OC(F)(F)F)cc3)nc3ccccc32)c1. The molecule has 0 fully saturated rings. The van der Waals surface area contributed by atoms with E-state index >= 15 is 0 Å². The van der Waals surface area contributed by atoms with Gasteiger partial charge in [0.15, 0.2) is 0 Å². The van der Waals surface area contributed by atoms with Crippen LogP contribution >= 0.6 is 0 Å². The van der Waals surface area contributed by atoms with Gasteiger partial charge in [0.05, 0.1) is 24.2 Å². The quantitative estimate of drug-likeness (QED) is 0.145. The smallest absolute Gasteiger partial charge is 0.494 e. The highest BCUT2D eigenvalue weighted by Crippen LogP contribution is 2.29. The molecule has 0 aliphatic carbocycles. The number of nitrogens with zero attached hydrogens (tertiary/aromatic N) is 2. The number of fused-ring (bicyclic) bond motifs is 1. The molecule has 0 bridgehead atoms. The second-order valence-corrected chi connectivity index (χ2v) is 8.69. The summed E-state index contributed by atoms with van der Waals surface area (Å²) in [7, 11) is 0. The number of hydrogen-bond donors (Lipinski definition) is 0. The maximum atomic E-state index is 12.6. The number of halogens is 3. The van der Waals surface area contributed by atoms with Gasteiger partial charge in [-0.05, 0) is 80.3 Å². The topological polar surface area (TPSA) is 62.6 Å². The lowest BCUT2D eigenvalue weighted by Gasteiger charge is -2.13. The number of rotatable bonds is 12. The van der Waals surface area contributed by atoms with Gasteiger partial charge in [0.25, 0.3) is 0 Å². The van der Waals surface area contributed by atoms with Crippen molar-refractivity contribution in [2.75, 3.05) is 13.2 Å². The number of ether oxygens (including phenoxy) is 3. The molecule has 9 heteroatoms. The van der Waals surface area contributed by atoms with E-state index in [0.29, 0.717) is 37.6 Å². The Labute approximate surface area is 219 Å². The molecular weight excluding hydrogens is 497 g/mol. The third kappa shape index (κ3) is 7.50. The molecule has 6 nitrogen and oxygen atoms in total. The fourth-order valence-corrected chi connectivity index (χ4v) is 4.15. The minimum atomic E-state index is -4.75. The highest BCUT2D eigenvalue weighted by molar-refractivity contribution is 5.80. The minimum Gasteiger partial charge on any atom is -0.494 e. The molecular formula is C29H29F3N2O4. The van der Waals surface area contributed by atoms with Crippen LogP contribution in [-0.2, 0) is 16.1 Å². The first-order chi connectivity index (χ1) is 18.3. The first-order valence-electron chi connectivity index (χ1n) is 12.5. The number of imidazole rings is 1. The highest BCUT2D eigenvalue weighted by Gasteiger charge is 2.31. The van der Waals surface area contributed by atoms with Gasteiger partial charge in [0, 0.05) is 18.5 Å². The van der Waals surface area contributed by atoms with Crippen LogP contribution in [0.15, 0.2) is 72.8 Å². The van der Waals surface area contributed by atoms with E-state index in [1.54, 1.807) is 19.1 Å². The first-order valence-corrected chi connectivity index (χ1v) is 12.5. The monoisotopic (exact) mass is 526 g/mol. The molecule has 0 N–H and O–H groups in total. The van der Waals surface area contributed by atoms with Gasteiger partial charge in [0.2, 0.25) is 0 Å². The van der Waals surface area contributed by atoms with Crippen molar-refractivity contribution in [3.8, 4) is 22.9 Å². The summed E-state index contributed by atoms with van der Waals surface area (Å²) in [4.78, 5) is 16.2. The maximum Gasteiger partial charge on any atom is 0.573 e. The molecule has 1 heterocycles. The molecule has 4 aromatic rings. The van der Waals surface area contributed by atoms with Crippen LogP contribution < -0.4 is 9.47 Å². The standard InChI is InChI=1S/C29H29F3N2O4/c1-2-36-27(35)13-4-3-7-18-37-24-10-8-9-21(19-24)20-34-26-12-6-5-11-25(26)33-28(34)22-14-16-23(17-15-22)38-29(30,31)32/h5-6,8-12,14-17,19H,2-4,7,13,18,20H2,1H3. The Balaban J connectivity index is 1.45. The third-order valence-electron chi connectivity index (χ3n) is 5.84. The Bertz CT molecular complexity index is 1350. The van der Waals surface area contributed by atoms with Gasteiger partial charge in [0.1, 0.15) is 17.3 Å². The molecule has 3 aromatic carbocycles. The fraction of sp³-hybridized carbons (Fsp3) is 0.310. The zero-order valence-corrected chi connectivity index (χ0v) is 21.0. The zero-order valence-electron chi connectivity index (χ0n) is 21.0. The van der Waals surface area contributed by atoms with Crippen LogP contribution in [0.3, 0.4) is 0 Å². The van der Waals surface area contributed by atoms with E-state index < -0.39 is 6.36 Å². The number of esters is 1. The van der Waals surface area contributed by atoms with E-state index in [1.807, 2.05) is 53.1 Å². The van der Waals surface area contributed by atoms with E-state index in [9.17, 15) is 18.0 Å². The number of alkyl halides is 3. The van der Waals surface area contributed by atoms with Crippen molar-refractivity contribution in [2.45, 2.75) is 45.5 Å². The van der Waals surface area contributed by atoms with Crippen LogP contribution in [0.5, 0.6) is 11.5 Å². The molecule has 0 aliphatic heterocycles. The molecule has 0 spiro atoms. The summed E-state index contributed by atoms with van der Waals surface area (Å²) in [5, 5.41) is 0. The molecule has 200 valence electrons. The number of carbonyl (C=O) groups is 1. The predicted molar refractivity (Wildman–Crippen MR) is 138 cm³/mol. The molecule has 0 unspecified atom stereocenters. The Hall–Kier alpha value is -4.01. The Kier molecular flexibility index (Phi) is 8.89.